The van der Waals surface area contributed by atoms with E-state index in [1.807, 2.05) is 5.32 Å². The molecule has 1 atom stereocenters. The lowest BCUT2D eigenvalue weighted by atomic mass is 10.2. The van der Waals surface area contributed by atoms with E-state index in [1.165, 1.54) is 25.1 Å². The predicted octanol–water partition coefficient (Wildman–Crippen LogP) is -0.395. The van der Waals surface area contributed by atoms with E-state index in [1.54, 1.807) is 6.92 Å². The quantitative estimate of drug-likeness (QED) is 0.694. The molecule has 3 amide bonds. The van der Waals surface area contributed by atoms with Gasteiger partial charge in [-0.25, -0.2) is 18.4 Å². The Morgan fingerprint density at radius 2 is 1.95 bits per heavy atom. The van der Waals surface area contributed by atoms with Crippen molar-refractivity contribution < 1.29 is 22.7 Å². The van der Waals surface area contributed by atoms with E-state index < -0.39 is 28.1 Å². The third-order valence-electron chi connectivity index (χ3n) is 2.38. The van der Waals surface area contributed by atoms with Gasteiger partial charge in [0.05, 0.1) is 4.90 Å². The van der Waals surface area contributed by atoms with Crippen molar-refractivity contribution in [3.63, 3.8) is 0 Å². The van der Waals surface area contributed by atoms with E-state index in [2.05, 4.69) is 0 Å². The Balaban J connectivity index is 2.87. The summed E-state index contributed by atoms with van der Waals surface area (Å²) in [5.74, 6) is -0.437. The number of benzene rings is 1. The van der Waals surface area contributed by atoms with Crippen molar-refractivity contribution in [3.05, 3.63) is 23.8 Å². The molecule has 110 valence electrons. The van der Waals surface area contributed by atoms with Gasteiger partial charge < -0.3 is 10.5 Å². The van der Waals surface area contributed by atoms with Crippen LogP contribution in [-0.2, 0) is 14.8 Å². The van der Waals surface area contributed by atoms with Gasteiger partial charge in [0.2, 0.25) is 10.0 Å². The molecule has 0 fully saturated rings. The molecule has 20 heavy (non-hydrogen) atoms. The first-order valence-electron chi connectivity index (χ1n) is 5.51. The molecule has 0 aromatic heterocycles. The Bertz CT molecular complexity index is 641. The summed E-state index contributed by atoms with van der Waals surface area (Å²) in [6, 6.07) is 3.08. The first kappa shape index (κ1) is 15.9. The minimum atomic E-state index is -3.81. The third kappa shape index (κ3) is 4.21. The van der Waals surface area contributed by atoms with Gasteiger partial charge in [0.15, 0.2) is 6.10 Å². The number of nitrogens with two attached hydrogens (primary N) is 2. The Hall–Kier alpha value is -2.13. The van der Waals surface area contributed by atoms with Gasteiger partial charge >= 0.3 is 6.03 Å². The highest BCUT2D eigenvalue weighted by molar-refractivity contribution is 7.89. The van der Waals surface area contributed by atoms with E-state index >= 15 is 0 Å². The molecule has 0 heterocycles. The van der Waals surface area contributed by atoms with Gasteiger partial charge in [-0.1, -0.05) is 0 Å². The maximum absolute atomic E-state index is 11.4. The molecule has 0 bridgehead atoms. The number of nitrogens with one attached hydrogen (secondary N) is 1. The Kier molecular flexibility index (Phi) is 4.69. The largest absolute Gasteiger partial charge is 0.481 e. The smallest absolute Gasteiger partial charge is 0.318 e. The lowest BCUT2D eigenvalue weighted by Gasteiger charge is -2.14. The molecule has 1 unspecified atom stereocenters. The topological polar surface area (TPSA) is 142 Å². The highest BCUT2D eigenvalue weighted by Gasteiger charge is 2.17. The number of carbonyl (C=O) groups excluding carboxylic acids is 2. The summed E-state index contributed by atoms with van der Waals surface area (Å²) in [4.78, 5) is 21.9. The zero-order valence-electron chi connectivity index (χ0n) is 10.9. The number of sulfonamides is 1. The van der Waals surface area contributed by atoms with Crippen LogP contribution in [-0.4, -0.2) is 26.5 Å². The summed E-state index contributed by atoms with van der Waals surface area (Å²) in [6.45, 7) is 2.96. The van der Waals surface area contributed by atoms with Crippen LogP contribution in [0.15, 0.2) is 23.1 Å². The molecule has 9 heteroatoms. The van der Waals surface area contributed by atoms with E-state index in [-0.39, 0.29) is 10.6 Å². The van der Waals surface area contributed by atoms with Crippen LogP contribution in [0.3, 0.4) is 0 Å². The number of ether oxygens (including phenoxy) is 1. The second kappa shape index (κ2) is 5.88. The van der Waals surface area contributed by atoms with Crippen molar-refractivity contribution in [2.75, 3.05) is 0 Å². The van der Waals surface area contributed by atoms with Crippen molar-refractivity contribution in [1.29, 1.82) is 0 Å². The number of aryl methyl sites for hydroxylation is 1. The Labute approximate surface area is 116 Å². The van der Waals surface area contributed by atoms with Crippen LogP contribution >= 0.6 is 0 Å². The second-order valence-corrected chi connectivity index (χ2v) is 5.62. The van der Waals surface area contributed by atoms with Crippen LogP contribution in [0.25, 0.3) is 0 Å². The number of primary amides is 1. The summed E-state index contributed by atoms with van der Waals surface area (Å²) in [5, 5.41) is 6.90. The van der Waals surface area contributed by atoms with Crippen LogP contribution in [0.5, 0.6) is 5.75 Å². The van der Waals surface area contributed by atoms with E-state index in [4.69, 9.17) is 15.6 Å². The summed E-state index contributed by atoms with van der Waals surface area (Å²) >= 11 is 0. The molecule has 5 N–H and O–H groups in total. The number of rotatable bonds is 4. The molecule has 1 aromatic carbocycles. The van der Waals surface area contributed by atoms with Crippen LogP contribution < -0.4 is 20.9 Å². The minimum absolute atomic E-state index is 0.0286. The number of carbonyl (C=O) groups is 2. The standard InChI is InChI=1S/C11H15N3O5S/c1-6-5-8(3-4-9(6)20(13,17)18)19-7(2)10(15)14-11(12)16/h3-5,7H,1-2H3,(H2,13,17,18)(H3,12,14,15,16). The number of urea groups is 1. The lowest BCUT2D eigenvalue weighted by Crippen LogP contribution is -2.42. The molecule has 0 spiro atoms. The Morgan fingerprint density at radius 1 is 1.35 bits per heavy atom. The first-order chi connectivity index (χ1) is 9.11. The van der Waals surface area contributed by atoms with Gasteiger partial charge in [-0.3, -0.25) is 10.1 Å². The van der Waals surface area contributed by atoms with Gasteiger partial charge in [-0.2, -0.15) is 0 Å². The molecule has 0 radical (unpaired) electrons. The van der Waals surface area contributed by atoms with Crippen molar-refractivity contribution in [3.8, 4) is 5.75 Å². The second-order valence-electron chi connectivity index (χ2n) is 4.09. The normalized spacial score (nSPS) is 12.6. The monoisotopic (exact) mass is 301 g/mol. The molecule has 0 aliphatic heterocycles. The van der Waals surface area contributed by atoms with E-state index in [9.17, 15) is 18.0 Å². The molecule has 1 rings (SSSR count). The van der Waals surface area contributed by atoms with Crippen LogP contribution in [0, 0.1) is 6.92 Å². The summed E-state index contributed by atoms with van der Waals surface area (Å²) < 4.78 is 27.7. The fourth-order valence-corrected chi connectivity index (χ4v) is 2.26. The van der Waals surface area contributed by atoms with Crippen molar-refractivity contribution >= 4 is 22.0 Å². The molecular formula is C11H15N3O5S. The number of primary sulfonamides is 1. The highest BCUT2D eigenvalue weighted by Crippen LogP contribution is 2.21. The number of amides is 3. The average molecular weight is 301 g/mol. The Morgan fingerprint density at radius 3 is 2.40 bits per heavy atom. The van der Waals surface area contributed by atoms with Crippen molar-refractivity contribution in [2.45, 2.75) is 24.8 Å². The van der Waals surface area contributed by atoms with Crippen molar-refractivity contribution in [1.82, 2.24) is 5.32 Å². The predicted molar refractivity (Wildman–Crippen MR) is 70.4 cm³/mol. The zero-order valence-corrected chi connectivity index (χ0v) is 11.7. The molecule has 0 saturated carbocycles. The van der Waals surface area contributed by atoms with Crippen molar-refractivity contribution in [2.24, 2.45) is 10.9 Å². The van der Waals surface area contributed by atoms with E-state index in [0.717, 1.165) is 0 Å². The SMILES string of the molecule is Cc1cc(OC(C)C(=O)NC(N)=O)ccc1S(N)(=O)=O. The molecule has 0 aliphatic rings. The third-order valence-corrected chi connectivity index (χ3v) is 3.45. The minimum Gasteiger partial charge on any atom is -0.481 e. The average Bonchev–Trinajstić information content (AvgIpc) is 2.26. The van der Waals surface area contributed by atoms with Gasteiger partial charge in [-0.15, -0.1) is 0 Å². The lowest BCUT2D eigenvalue weighted by molar-refractivity contribution is -0.126. The summed E-state index contributed by atoms with van der Waals surface area (Å²) in [6.07, 6.45) is -0.970. The molecule has 0 saturated heterocycles. The summed E-state index contributed by atoms with van der Waals surface area (Å²) in [5.41, 5.74) is 5.19. The first-order valence-corrected chi connectivity index (χ1v) is 7.06. The summed E-state index contributed by atoms with van der Waals surface area (Å²) in [7, 11) is -3.81. The van der Waals surface area contributed by atoms with Crippen LogP contribution in [0.2, 0.25) is 0 Å². The maximum Gasteiger partial charge on any atom is 0.318 e. The molecular weight excluding hydrogens is 286 g/mol. The van der Waals surface area contributed by atoms with Gasteiger partial charge in [0.25, 0.3) is 5.91 Å². The van der Waals surface area contributed by atoms with E-state index in [0.29, 0.717) is 5.56 Å². The van der Waals surface area contributed by atoms with Gasteiger partial charge in [0, 0.05) is 0 Å². The fraction of sp³-hybridized carbons (Fsp3) is 0.273. The van der Waals surface area contributed by atoms with Crippen LogP contribution in [0.4, 0.5) is 4.79 Å². The molecule has 8 nitrogen and oxygen atoms in total. The highest BCUT2D eigenvalue weighted by atomic mass is 32.2. The number of imide groups is 1. The maximum atomic E-state index is 11.4. The van der Waals surface area contributed by atoms with Gasteiger partial charge in [-0.05, 0) is 37.6 Å². The molecule has 0 aliphatic carbocycles. The number of hydrogen-bond acceptors (Lipinski definition) is 5. The zero-order chi connectivity index (χ0) is 15.5. The molecule has 1 aromatic rings. The number of hydrogen-bond donors (Lipinski definition) is 3. The van der Waals surface area contributed by atoms with Crippen LogP contribution in [0.1, 0.15) is 12.5 Å². The fourth-order valence-electron chi connectivity index (χ4n) is 1.50. The van der Waals surface area contributed by atoms with Gasteiger partial charge in [0.1, 0.15) is 5.75 Å².